The summed E-state index contributed by atoms with van der Waals surface area (Å²) in [6, 6.07) is 6.25. The van der Waals surface area contributed by atoms with Crippen molar-refractivity contribution in [2.45, 2.75) is 40.5 Å². The predicted molar refractivity (Wildman–Crippen MR) is 60.9 cm³/mol. The Balaban J connectivity index is 0.000000671. The first-order valence-corrected chi connectivity index (χ1v) is 5.08. The smallest absolute Gasteiger partial charge is 0.0319 e. The molecule has 0 unspecified atom stereocenters. The molecule has 74 valence electrons. The third-order valence-corrected chi connectivity index (χ3v) is 1.70. The molecule has 1 aromatic rings. The molecule has 1 aromatic carbocycles. The molecule has 0 spiro atoms. The Morgan fingerprint density at radius 3 is 2.23 bits per heavy atom. The van der Waals surface area contributed by atoms with E-state index in [1.165, 1.54) is 17.5 Å². The molecule has 0 aromatic heterocycles. The molecule has 2 N–H and O–H groups in total. The fourth-order valence-electron chi connectivity index (χ4n) is 1.33. The average molecular weight is 179 g/mol. The number of nitrogen functional groups attached to an aromatic ring is 1. The molecule has 0 aliphatic rings. The Morgan fingerprint density at radius 1 is 1.15 bits per heavy atom. The summed E-state index contributed by atoms with van der Waals surface area (Å²) in [5.74, 6) is 0. The van der Waals surface area contributed by atoms with E-state index in [0.29, 0.717) is 0 Å². The maximum Gasteiger partial charge on any atom is 0.0319 e. The van der Waals surface area contributed by atoms with Crippen LogP contribution >= 0.6 is 0 Å². The summed E-state index contributed by atoms with van der Waals surface area (Å²) < 4.78 is 0. The molecule has 1 heteroatoms. The molecule has 1 rings (SSSR count). The van der Waals surface area contributed by atoms with E-state index >= 15 is 0 Å². The fourth-order valence-corrected chi connectivity index (χ4v) is 1.33. The van der Waals surface area contributed by atoms with Crippen LogP contribution in [0.2, 0.25) is 0 Å². The summed E-state index contributed by atoms with van der Waals surface area (Å²) in [5, 5.41) is 0. The SMILES string of the molecule is CC.CCCc1cc(C)cc(N)c1. The van der Waals surface area contributed by atoms with Gasteiger partial charge >= 0.3 is 0 Å². The third-order valence-electron chi connectivity index (χ3n) is 1.70. The first-order valence-electron chi connectivity index (χ1n) is 5.08. The van der Waals surface area contributed by atoms with Crippen LogP contribution < -0.4 is 5.73 Å². The van der Waals surface area contributed by atoms with Crippen molar-refractivity contribution in [1.29, 1.82) is 0 Å². The molecule has 0 saturated heterocycles. The molecule has 0 saturated carbocycles. The number of anilines is 1. The molecule has 0 aliphatic carbocycles. The van der Waals surface area contributed by atoms with Gasteiger partial charge in [0.25, 0.3) is 0 Å². The Bertz CT molecular complexity index is 221. The third kappa shape index (κ3) is 4.56. The van der Waals surface area contributed by atoms with Gasteiger partial charge in [-0.25, -0.2) is 0 Å². The second-order valence-electron chi connectivity index (χ2n) is 3.00. The Hall–Kier alpha value is -0.980. The lowest BCUT2D eigenvalue weighted by atomic mass is 10.1. The number of rotatable bonds is 2. The van der Waals surface area contributed by atoms with Gasteiger partial charge in [-0.1, -0.05) is 33.3 Å². The van der Waals surface area contributed by atoms with Crippen LogP contribution in [0.25, 0.3) is 0 Å². The van der Waals surface area contributed by atoms with Gasteiger partial charge in [-0.15, -0.1) is 0 Å². The highest BCUT2D eigenvalue weighted by Gasteiger charge is 1.93. The number of hydrogen-bond acceptors (Lipinski definition) is 1. The van der Waals surface area contributed by atoms with Crippen molar-refractivity contribution in [2.75, 3.05) is 5.73 Å². The van der Waals surface area contributed by atoms with Crippen molar-refractivity contribution in [1.82, 2.24) is 0 Å². The van der Waals surface area contributed by atoms with Crippen molar-refractivity contribution in [2.24, 2.45) is 0 Å². The first kappa shape index (κ1) is 12.0. The van der Waals surface area contributed by atoms with E-state index in [1.807, 2.05) is 19.9 Å². The highest BCUT2D eigenvalue weighted by atomic mass is 14.5. The van der Waals surface area contributed by atoms with Crippen molar-refractivity contribution >= 4 is 5.69 Å². The summed E-state index contributed by atoms with van der Waals surface area (Å²) in [7, 11) is 0. The lowest BCUT2D eigenvalue weighted by molar-refractivity contribution is 0.921. The van der Waals surface area contributed by atoms with Crippen molar-refractivity contribution in [3.8, 4) is 0 Å². The minimum Gasteiger partial charge on any atom is -0.399 e. The van der Waals surface area contributed by atoms with Gasteiger partial charge in [0.15, 0.2) is 0 Å². The van der Waals surface area contributed by atoms with Crippen molar-refractivity contribution < 1.29 is 0 Å². The summed E-state index contributed by atoms with van der Waals surface area (Å²) in [6.45, 7) is 8.26. The largest absolute Gasteiger partial charge is 0.399 e. The van der Waals surface area contributed by atoms with E-state index in [9.17, 15) is 0 Å². The first-order chi connectivity index (χ1) is 6.22. The average Bonchev–Trinajstić information content (AvgIpc) is 2.06. The zero-order valence-corrected chi connectivity index (χ0v) is 9.22. The van der Waals surface area contributed by atoms with Crippen LogP contribution in [0.5, 0.6) is 0 Å². The number of benzene rings is 1. The minimum absolute atomic E-state index is 0.883. The van der Waals surface area contributed by atoms with E-state index in [4.69, 9.17) is 5.73 Å². The molecule has 0 atom stereocenters. The van der Waals surface area contributed by atoms with Gasteiger partial charge in [0.05, 0.1) is 0 Å². The number of hydrogen-bond donors (Lipinski definition) is 1. The van der Waals surface area contributed by atoms with E-state index < -0.39 is 0 Å². The van der Waals surface area contributed by atoms with Crippen molar-refractivity contribution in [3.63, 3.8) is 0 Å². The lowest BCUT2D eigenvalue weighted by Gasteiger charge is -2.02. The lowest BCUT2D eigenvalue weighted by Crippen LogP contribution is -1.90. The van der Waals surface area contributed by atoms with Gasteiger partial charge in [0, 0.05) is 5.69 Å². The van der Waals surface area contributed by atoms with Crippen LogP contribution in [-0.2, 0) is 6.42 Å². The summed E-state index contributed by atoms with van der Waals surface area (Å²) in [6.07, 6.45) is 2.31. The second-order valence-corrected chi connectivity index (χ2v) is 3.00. The van der Waals surface area contributed by atoms with Gasteiger partial charge in [0.1, 0.15) is 0 Å². The van der Waals surface area contributed by atoms with Crippen LogP contribution in [-0.4, -0.2) is 0 Å². The van der Waals surface area contributed by atoms with Gasteiger partial charge in [-0.05, 0) is 36.6 Å². The van der Waals surface area contributed by atoms with E-state index in [-0.39, 0.29) is 0 Å². The molecule has 0 radical (unpaired) electrons. The van der Waals surface area contributed by atoms with Crippen LogP contribution in [0, 0.1) is 6.92 Å². The standard InChI is InChI=1S/C10H15N.C2H6/c1-3-4-9-5-8(2)6-10(11)7-9;1-2/h5-7H,3-4,11H2,1-2H3;1-2H3. The molecular formula is C12H21N. The quantitative estimate of drug-likeness (QED) is 0.690. The van der Waals surface area contributed by atoms with Gasteiger partial charge < -0.3 is 5.73 Å². The van der Waals surface area contributed by atoms with Gasteiger partial charge in [-0.3, -0.25) is 0 Å². The number of nitrogens with two attached hydrogens (primary N) is 1. The van der Waals surface area contributed by atoms with Crippen LogP contribution in [0.4, 0.5) is 5.69 Å². The molecule has 0 amide bonds. The van der Waals surface area contributed by atoms with Gasteiger partial charge in [0.2, 0.25) is 0 Å². The zero-order chi connectivity index (χ0) is 10.3. The topological polar surface area (TPSA) is 26.0 Å². The molecular weight excluding hydrogens is 158 g/mol. The molecule has 0 heterocycles. The summed E-state index contributed by atoms with van der Waals surface area (Å²) >= 11 is 0. The van der Waals surface area contributed by atoms with E-state index in [0.717, 1.165) is 12.1 Å². The Labute approximate surface area is 82.0 Å². The fraction of sp³-hybridized carbons (Fsp3) is 0.500. The highest BCUT2D eigenvalue weighted by Crippen LogP contribution is 2.12. The van der Waals surface area contributed by atoms with Gasteiger partial charge in [-0.2, -0.15) is 0 Å². The highest BCUT2D eigenvalue weighted by molar-refractivity contribution is 5.44. The Morgan fingerprint density at radius 2 is 1.77 bits per heavy atom. The predicted octanol–water partition coefficient (Wildman–Crippen LogP) is 3.56. The molecule has 0 fully saturated rings. The maximum absolute atomic E-state index is 5.69. The molecule has 0 aliphatic heterocycles. The zero-order valence-electron chi connectivity index (χ0n) is 9.22. The monoisotopic (exact) mass is 179 g/mol. The second kappa shape index (κ2) is 6.53. The Kier molecular flexibility index (Phi) is 6.03. The number of aryl methyl sites for hydroxylation is 2. The van der Waals surface area contributed by atoms with Crippen molar-refractivity contribution in [3.05, 3.63) is 29.3 Å². The van der Waals surface area contributed by atoms with Crippen LogP contribution in [0.3, 0.4) is 0 Å². The normalized spacial score (nSPS) is 8.92. The summed E-state index contributed by atoms with van der Waals surface area (Å²) in [4.78, 5) is 0. The summed E-state index contributed by atoms with van der Waals surface area (Å²) in [5.41, 5.74) is 9.18. The van der Waals surface area contributed by atoms with Crippen LogP contribution in [0.1, 0.15) is 38.3 Å². The molecule has 0 bridgehead atoms. The minimum atomic E-state index is 0.883. The maximum atomic E-state index is 5.69. The molecule has 1 nitrogen and oxygen atoms in total. The van der Waals surface area contributed by atoms with E-state index in [2.05, 4.69) is 26.0 Å². The van der Waals surface area contributed by atoms with Crippen LogP contribution in [0.15, 0.2) is 18.2 Å². The molecule has 13 heavy (non-hydrogen) atoms. The van der Waals surface area contributed by atoms with E-state index in [1.54, 1.807) is 0 Å².